The van der Waals surface area contributed by atoms with Crippen LogP contribution in [0.3, 0.4) is 0 Å². The maximum Gasteiger partial charge on any atom is 0.228 e. The number of imidazole rings is 1. The van der Waals surface area contributed by atoms with E-state index in [4.69, 9.17) is 14.5 Å². The van der Waals surface area contributed by atoms with Crippen molar-refractivity contribution in [2.75, 3.05) is 31.2 Å². The molecule has 1 aliphatic heterocycles. The van der Waals surface area contributed by atoms with Gasteiger partial charge in [-0.2, -0.15) is 4.98 Å². The number of ether oxygens (including phenoxy) is 2. The number of aromatic amines is 1. The molecule has 0 unspecified atom stereocenters. The third-order valence-electron chi connectivity index (χ3n) is 4.92. The van der Waals surface area contributed by atoms with Crippen molar-refractivity contribution in [3.63, 3.8) is 0 Å². The van der Waals surface area contributed by atoms with Gasteiger partial charge >= 0.3 is 0 Å². The third-order valence-corrected chi connectivity index (χ3v) is 4.92. The summed E-state index contributed by atoms with van der Waals surface area (Å²) in [6.07, 6.45) is 1.65. The van der Waals surface area contributed by atoms with E-state index in [-0.39, 0.29) is 0 Å². The van der Waals surface area contributed by atoms with E-state index in [1.54, 1.807) is 6.33 Å². The molecule has 0 amide bonds. The molecule has 0 aliphatic carbocycles. The quantitative estimate of drug-likeness (QED) is 0.565. The molecule has 0 radical (unpaired) electrons. The highest BCUT2D eigenvalue weighted by Crippen LogP contribution is 2.29. The van der Waals surface area contributed by atoms with Gasteiger partial charge in [-0.15, -0.1) is 0 Å². The number of hydrogen-bond acceptors (Lipinski definition) is 6. The number of rotatable bonds is 5. The van der Waals surface area contributed by atoms with Crippen molar-refractivity contribution in [3.05, 3.63) is 66.5 Å². The highest BCUT2D eigenvalue weighted by atomic mass is 16.5. The largest absolute Gasteiger partial charge is 0.489 e. The molecule has 3 heterocycles. The van der Waals surface area contributed by atoms with Crippen LogP contribution in [0.4, 0.5) is 5.95 Å². The van der Waals surface area contributed by atoms with Crippen LogP contribution >= 0.6 is 0 Å². The molecule has 2 aromatic carbocycles. The number of benzene rings is 2. The molecule has 146 valence electrons. The van der Waals surface area contributed by atoms with E-state index in [1.165, 1.54) is 0 Å². The van der Waals surface area contributed by atoms with Crippen molar-refractivity contribution in [2.45, 2.75) is 6.61 Å². The smallest absolute Gasteiger partial charge is 0.228 e. The Morgan fingerprint density at radius 1 is 1.00 bits per heavy atom. The molecule has 1 saturated heterocycles. The van der Waals surface area contributed by atoms with Gasteiger partial charge in [-0.25, -0.2) is 9.97 Å². The number of H-pyrrole nitrogens is 1. The molecule has 5 rings (SSSR count). The zero-order valence-electron chi connectivity index (χ0n) is 15.9. The fourth-order valence-corrected chi connectivity index (χ4v) is 3.40. The number of nitrogens with one attached hydrogen (secondary N) is 1. The summed E-state index contributed by atoms with van der Waals surface area (Å²) >= 11 is 0. The zero-order valence-corrected chi connectivity index (χ0v) is 15.9. The molecule has 1 aliphatic rings. The van der Waals surface area contributed by atoms with E-state index in [0.717, 1.165) is 46.8 Å². The molecule has 4 aromatic rings. The van der Waals surface area contributed by atoms with Crippen LogP contribution in [0.25, 0.3) is 22.4 Å². The minimum absolute atomic E-state index is 0.519. The first-order chi connectivity index (χ1) is 14.4. The topological polar surface area (TPSA) is 76.2 Å². The number of aromatic nitrogens is 4. The second kappa shape index (κ2) is 7.89. The zero-order chi connectivity index (χ0) is 19.5. The normalized spacial score (nSPS) is 14.3. The summed E-state index contributed by atoms with van der Waals surface area (Å²) in [7, 11) is 0. The lowest BCUT2D eigenvalue weighted by Gasteiger charge is -2.27. The first-order valence-electron chi connectivity index (χ1n) is 9.68. The average Bonchev–Trinajstić information content (AvgIpc) is 3.27. The van der Waals surface area contributed by atoms with Gasteiger partial charge in [-0.1, -0.05) is 42.5 Å². The Hall–Kier alpha value is -3.45. The molecule has 0 spiro atoms. The first kappa shape index (κ1) is 17.6. The molecule has 2 aromatic heterocycles. The van der Waals surface area contributed by atoms with E-state index in [1.807, 2.05) is 42.5 Å². The predicted octanol–water partition coefficient (Wildman–Crippen LogP) is 3.44. The minimum Gasteiger partial charge on any atom is -0.489 e. The van der Waals surface area contributed by atoms with Crippen molar-refractivity contribution in [1.82, 2.24) is 19.9 Å². The summed E-state index contributed by atoms with van der Waals surface area (Å²) in [4.78, 5) is 19.2. The van der Waals surface area contributed by atoms with Crippen LogP contribution in [0.1, 0.15) is 5.56 Å². The highest BCUT2D eigenvalue weighted by Gasteiger charge is 2.18. The van der Waals surface area contributed by atoms with E-state index in [9.17, 15) is 0 Å². The summed E-state index contributed by atoms with van der Waals surface area (Å²) in [5.41, 5.74) is 4.35. The van der Waals surface area contributed by atoms with Gasteiger partial charge in [0.1, 0.15) is 23.6 Å². The maximum atomic E-state index is 6.00. The Morgan fingerprint density at radius 2 is 1.86 bits per heavy atom. The van der Waals surface area contributed by atoms with Gasteiger partial charge in [-0.3, -0.25) is 0 Å². The Bertz CT molecular complexity index is 1110. The van der Waals surface area contributed by atoms with Gasteiger partial charge in [0.25, 0.3) is 0 Å². The van der Waals surface area contributed by atoms with Crippen molar-refractivity contribution < 1.29 is 9.47 Å². The lowest BCUT2D eigenvalue weighted by molar-refractivity contribution is 0.122. The molecule has 7 heteroatoms. The van der Waals surface area contributed by atoms with Crippen LogP contribution < -0.4 is 9.64 Å². The second-order valence-electron chi connectivity index (χ2n) is 6.87. The van der Waals surface area contributed by atoms with Crippen LogP contribution in [0.2, 0.25) is 0 Å². The highest BCUT2D eigenvalue weighted by molar-refractivity contribution is 5.88. The minimum atomic E-state index is 0.519. The van der Waals surface area contributed by atoms with Crippen molar-refractivity contribution in [1.29, 1.82) is 0 Å². The predicted molar refractivity (Wildman–Crippen MR) is 111 cm³/mol. The van der Waals surface area contributed by atoms with Gasteiger partial charge in [0.2, 0.25) is 5.95 Å². The van der Waals surface area contributed by atoms with E-state index >= 15 is 0 Å². The lowest BCUT2D eigenvalue weighted by atomic mass is 10.1. The molecule has 0 bridgehead atoms. The Morgan fingerprint density at radius 3 is 2.72 bits per heavy atom. The van der Waals surface area contributed by atoms with Crippen LogP contribution in [0.5, 0.6) is 5.75 Å². The van der Waals surface area contributed by atoms with Gasteiger partial charge in [0, 0.05) is 18.7 Å². The number of nitrogens with zero attached hydrogens (tertiary/aromatic N) is 4. The van der Waals surface area contributed by atoms with E-state index in [2.05, 4.69) is 32.0 Å². The fraction of sp³-hybridized carbons (Fsp3) is 0.227. The van der Waals surface area contributed by atoms with Gasteiger partial charge < -0.3 is 19.4 Å². The molecule has 1 fully saturated rings. The lowest BCUT2D eigenvalue weighted by Crippen LogP contribution is -2.37. The first-order valence-corrected chi connectivity index (χ1v) is 9.68. The molecular weight excluding hydrogens is 366 g/mol. The molecular formula is C22H21N5O2. The summed E-state index contributed by atoms with van der Waals surface area (Å²) in [6, 6.07) is 18.1. The van der Waals surface area contributed by atoms with Crippen molar-refractivity contribution in [3.8, 4) is 17.0 Å². The fourth-order valence-electron chi connectivity index (χ4n) is 3.40. The maximum absolute atomic E-state index is 6.00. The van der Waals surface area contributed by atoms with Crippen LogP contribution in [-0.4, -0.2) is 46.2 Å². The molecule has 29 heavy (non-hydrogen) atoms. The SMILES string of the molecule is c1ccc(COc2cccc(-c3nc(N4CCOCC4)nc4[nH]cnc34)c2)cc1. The van der Waals surface area contributed by atoms with Crippen LogP contribution in [0, 0.1) is 0 Å². The molecule has 7 nitrogen and oxygen atoms in total. The summed E-state index contributed by atoms with van der Waals surface area (Å²) in [6.45, 7) is 3.44. The van der Waals surface area contributed by atoms with E-state index in [0.29, 0.717) is 25.8 Å². The summed E-state index contributed by atoms with van der Waals surface area (Å²) < 4.78 is 11.4. The van der Waals surface area contributed by atoms with Gasteiger partial charge in [-0.05, 0) is 17.7 Å². The molecule has 0 saturated carbocycles. The second-order valence-corrected chi connectivity index (χ2v) is 6.87. The van der Waals surface area contributed by atoms with Crippen molar-refractivity contribution >= 4 is 17.1 Å². The number of anilines is 1. The standard InChI is InChI=1S/C22H21N5O2/c1-2-5-16(6-3-1)14-29-18-8-4-7-17(13-18)19-20-21(24-15-23-20)26-22(25-19)27-9-11-28-12-10-27/h1-8,13,15H,9-12,14H2,(H,23,24,25,26). The average molecular weight is 387 g/mol. The number of fused-ring (bicyclic) bond motifs is 1. The van der Waals surface area contributed by atoms with Crippen LogP contribution in [-0.2, 0) is 11.3 Å². The Balaban J connectivity index is 1.47. The monoisotopic (exact) mass is 387 g/mol. The molecule has 1 N–H and O–H groups in total. The van der Waals surface area contributed by atoms with Gasteiger partial charge in [0.05, 0.1) is 19.5 Å². The number of morpholine rings is 1. The van der Waals surface area contributed by atoms with Gasteiger partial charge in [0.15, 0.2) is 5.65 Å². The summed E-state index contributed by atoms with van der Waals surface area (Å²) in [5, 5.41) is 0. The Labute approximate surface area is 168 Å². The van der Waals surface area contributed by atoms with Crippen molar-refractivity contribution in [2.24, 2.45) is 0 Å². The summed E-state index contributed by atoms with van der Waals surface area (Å²) in [5.74, 6) is 1.48. The third kappa shape index (κ3) is 3.77. The Kier molecular flexibility index (Phi) is 4.80. The molecule has 0 atom stereocenters. The van der Waals surface area contributed by atoms with E-state index < -0.39 is 0 Å². The number of hydrogen-bond donors (Lipinski definition) is 1. The van der Waals surface area contributed by atoms with Crippen LogP contribution in [0.15, 0.2) is 60.9 Å².